The summed E-state index contributed by atoms with van der Waals surface area (Å²) in [6, 6.07) is 12.0. The summed E-state index contributed by atoms with van der Waals surface area (Å²) in [5, 5.41) is 13.9. The Balaban J connectivity index is 1.80. The third-order valence-electron chi connectivity index (χ3n) is 5.88. The minimum Gasteiger partial charge on any atom is -0.444 e. The zero-order valence-corrected chi connectivity index (χ0v) is 22.5. The first-order valence-corrected chi connectivity index (χ1v) is 13.9. The minimum absolute atomic E-state index is 0.0160. The van der Waals surface area contributed by atoms with E-state index < -0.39 is 46.5 Å². The number of ether oxygens (including phenoxy) is 3. The molecule has 9 nitrogen and oxygen atoms in total. The molecule has 2 aromatic rings. The number of nitrogens with one attached hydrogen (secondary N) is 1. The summed E-state index contributed by atoms with van der Waals surface area (Å²) < 4.78 is 79.9. The normalized spacial score (nSPS) is 17.7. The lowest BCUT2D eigenvalue weighted by atomic mass is 10.0. The highest BCUT2D eigenvalue weighted by Crippen LogP contribution is 2.26. The van der Waals surface area contributed by atoms with E-state index in [2.05, 4.69) is 10.1 Å². The van der Waals surface area contributed by atoms with Crippen LogP contribution in [0.1, 0.15) is 25.8 Å². The van der Waals surface area contributed by atoms with E-state index in [4.69, 9.17) is 9.47 Å². The van der Waals surface area contributed by atoms with E-state index >= 15 is 0 Å². The van der Waals surface area contributed by atoms with Gasteiger partial charge in [-0.25, -0.2) is 13.2 Å². The van der Waals surface area contributed by atoms with E-state index in [1.165, 1.54) is 0 Å². The van der Waals surface area contributed by atoms with Gasteiger partial charge >= 0.3 is 12.5 Å². The first-order valence-electron chi connectivity index (χ1n) is 12.5. The maximum absolute atomic E-state index is 13.5. The Morgan fingerprint density at radius 3 is 2.36 bits per heavy atom. The molecule has 3 atom stereocenters. The monoisotopic (exact) mass is 574 g/mol. The van der Waals surface area contributed by atoms with Gasteiger partial charge in [0.1, 0.15) is 11.9 Å². The van der Waals surface area contributed by atoms with E-state index in [9.17, 15) is 31.5 Å². The average molecular weight is 575 g/mol. The van der Waals surface area contributed by atoms with E-state index in [1.807, 2.05) is 18.2 Å². The summed E-state index contributed by atoms with van der Waals surface area (Å²) in [5.41, 5.74) is 0.796. The first kappa shape index (κ1) is 30.7. The number of amides is 1. The molecule has 0 aliphatic carbocycles. The van der Waals surface area contributed by atoms with Crippen molar-refractivity contribution in [1.82, 2.24) is 9.62 Å². The van der Waals surface area contributed by atoms with Crippen LogP contribution in [0.3, 0.4) is 0 Å². The van der Waals surface area contributed by atoms with Crippen molar-refractivity contribution in [3.8, 4) is 5.75 Å². The van der Waals surface area contributed by atoms with E-state index in [-0.39, 0.29) is 36.9 Å². The smallest absolute Gasteiger partial charge is 0.444 e. The van der Waals surface area contributed by atoms with Crippen LogP contribution < -0.4 is 10.1 Å². The molecule has 1 aliphatic rings. The molecule has 0 radical (unpaired) electrons. The number of benzene rings is 2. The molecular formula is C26H33F3N2O7S. The highest BCUT2D eigenvalue weighted by Gasteiger charge is 2.34. The third-order valence-corrected chi connectivity index (χ3v) is 7.73. The van der Waals surface area contributed by atoms with E-state index in [0.717, 1.165) is 34.1 Å². The number of alkyl carbamates (subject to hydrolysis) is 1. The average Bonchev–Trinajstić information content (AvgIpc) is 3.36. The number of aliphatic hydroxyl groups excluding tert-OH is 1. The van der Waals surface area contributed by atoms with Gasteiger partial charge in [-0.05, 0) is 42.2 Å². The van der Waals surface area contributed by atoms with Crippen LogP contribution in [0.15, 0.2) is 59.5 Å². The van der Waals surface area contributed by atoms with E-state index in [1.54, 1.807) is 26.0 Å². The van der Waals surface area contributed by atoms with Crippen LogP contribution in [0.5, 0.6) is 5.75 Å². The van der Waals surface area contributed by atoms with Crippen molar-refractivity contribution < 1.29 is 45.7 Å². The Bertz CT molecular complexity index is 1160. The van der Waals surface area contributed by atoms with Crippen LogP contribution in [0.2, 0.25) is 0 Å². The fourth-order valence-corrected chi connectivity index (χ4v) is 5.69. The van der Waals surface area contributed by atoms with Gasteiger partial charge < -0.3 is 24.6 Å². The van der Waals surface area contributed by atoms with Gasteiger partial charge in [0.25, 0.3) is 0 Å². The van der Waals surface area contributed by atoms with Crippen molar-refractivity contribution in [2.45, 2.75) is 56.2 Å². The molecule has 13 heteroatoms. The summed E-state index contributed by atoms with van der Waals surface area (Å²) in [6.07, 6.45) is -6.70. The molecule has 1 amide bonds. The summed E-state index contributed by atoms with van der Waals surface area (Å²) in [5.74, 6) is -0.706. The maximum atomic E-state index is 13.5. The number of carbonyl (C=O) groups excluding carboxylic acids is 1. The zero-order chi connectivity index (χ0) is 28.6. The van der Waals surface area contributed by atoms with Gasteiger partial charge in [0.15, 0.2) is 0 Å². The molecule has 3 rings (SSSR count). The highest BCUT2D eigenvalue weighted by atomic mass is 32.2. The van der Waals surface area contributed by atoms with E-state index in [0.29, 0.717) is 13.0 Å². The number of halogens is 3. The molecule has 2 aromatic carbocycles. The lowest BCUT2D eigenvalue weighted by molar-refractivity contribution is -0.274. The maximum Gasteiger partial charge on any atom is 0.573 e. The number of alkyl halides is 3. The van der Waals surface area contributed by atoms with Crippen molar-refractivity contribution in [3.63, 3.8) is 0 Å². The number of hydrogen-bond donors (Lipinski definition) is 2. The largest absolute Gasteiger partial charge is 0.573 e. The van der Waals surface area contributed by atoms with Gasteiger partial charge in [-0.1, -0.05) is 44.2 Å². The second kappa shape index (κ2) is 13.5. The second-order valence-corrected chi connectivity index (χ2v) is 11.6. The topological polar surface area (TPSA) is 114 Å². The molecule has 0 unspecified atom stereocenters. The number of sulfonamides is 1. The molecule has 2 N–H and O–H groups in total. The molecule has 0 bridgehead atoms. The third kappa shape index (κ3) is 9.67. The first-order chi connectivity index (χ1) is 18.3. The molecular weight excluding hydrogens is 541 g/mol. The zero-order valence-electron chi connectivity index (χ0n) is 21.6. The van der Waals surface area contributed by atoms with Gasteiger partial charge in [-0.2, -0.15) is 4.31 Å². The molecule has 0 spiro atoms. The van der Waals surface area contributed by atoms with Crippen molar-refractivity contribution in [2.75, 3.05) is 26.3 Å². The fraction of sp³-hybridized carbons (Fsp3) is 0.500. The Morgan fingerprint density at radius 1 is 1.13 bits per heavy atom. The van der Waals surface area contributed by atoms with Crippen molar-refractivity contribution in [3.05, 3.63) is 60.2 Å². The summed E-state index contributed by atoms with van der Waals surface area (Å²) in [6.45, 7) is 3.95. The quantitative estimate of drug-likeness (QED) is 0.397. The summed E-state index contributed by atoms with van der Waals surface area (Å²) in [7, 11) is -4.23. The van der Waals surface area contributed by atoms with Crippen molar-refractivity contribution in [1.29, 1.82) is 0 Å². The standard InChI is InChI=1S/C26H33F3N2O7S/c1-18(2)15-31(39(34,35)22-10-8-20(9-11-22)38-26(27,28)29)16-24(32)23(14-19-6-4-3-5-7-19)30-25(33)37-21-12-13-36-17-21/h3-11,18,21,23-24,32H,12-17H2,1-2H3,(H,30,33)/t21-,23-,24+/m0/s1. The minimum atomic E-state index is -4.92. The SMILES string of the molecule is CC(C)CN(C[C@@H](O)[C@H](Cc1ccccc1)NC(=O)O[C@H]1CCOC1)S(=O)(=O)c1ccc(OC(F)(F)F)cc1. The molecule has 0 saturated carbocycles. The molecule has 39 heavy (non-hydrogen) atoms. The van der Waals surface area contributed by atoms with Gasteiger partial charge in [0.2, 0.25) is 10.0 Å². The number of aliphatic hydroxyl groups is 1. The number of carbonyl (C=O) groups is 1. The lowest BCUT2D eigenvalue weighted by Gasteiger charge is -2.30. The molecule has 1 saturated heterocycles. The summed E-state index contributed by atoms with van der Waals surface area (Å²) >= 11 is 0. The highest BCUT2D eigenvalue weighted by molar-refractivity contribution is 7.89. The predicted octanol–water partition coefficient (Wildman–Crippen LogP) is 3.72. The van der Waals surface area contributed by atoms with Crippen LogP contribution >= 0.6 is 0 Å². The van der Waals surface area contributed by atoms with Crippen LogP contribution in [-0.4, -0.2) is 74.8 Å². The van der Waals surface area contributed by atoms with Crippen molar-refractivity contribution in [2.24, 2.45) is 5.92 Å². The van der Waals surface area contributed by atoms with Gasteiger partial charge in [-0.3, -0.25) is 0 Å². The number of rotatable bonds is 12. The molecule has 0 aromatic heterocycles. The van der Waals surface area contributed by atoms with Crippen molar-refractivity contribution >= 4 is 16.1 Å². The fourth-order valence-electron chi connectivity index (χ4n) is 4.07. The van der Waals surface area contributed by atoms with Gasteiger partial charge in [0.05, 0.1) is 30.3 Å². The molecule has 1 fully saturated rings. The van der Waals surface area contributed by atoms with Crippen LogP contribution in [-0.2, 0) is 25.9 Å². The number of hydrogen-bond acceptors (Lipinski definition) is 7. The van der Waals surface area contributed by atoms with Gasteiger partial charge in [0, 0.05) is 19.5 Å². The molecule has 1 heterocycles. The predicted molar refractivity (Wildman–Crippen MR) is 136 cm³/mol. The number of nitrogens with zero attached hydrogens (tertiary/aromatic N) is 1. The molecule has 1 aliphatic heterocycles. The van der Waals surface area contributed by atoms with Gasteiger partial charge in [-0.15, -0.1) is 13.2 Å². The second-order valence-electron chi connectivity index (χ2n) is 9.63. The Hall–Kier alpha value is -2.87. The van der Waals surface area contributed by atoms with Crippen LogP contribution in [0, 0.1) is 5.92 Å². The summed E-state index contributed by atoms with van der Waals surface area (Å²) in [4.78, 5) is 12.3. The Kier molecular flexibility index (Phi) is 10.6. The van der Waals surface area contributed by atoms with Crippen LogP contribution in [0.25, 0.3) is 0 Å². The Labute approximate surface area is 225 Å². The molecule has 216 valence electrons. The lowest BCUT2D eigenvalue weighted by Crippen LogP contribution is -2.51. The Morgan fingerprint density at radius 2 is 1.79 bits per heavy atom. The van der Waals surface area contributed by atoms with Crippen LogP contribution in [0.4, 0.5) is 18.0 Å².